The van der Waals surface area contributed by atoms with E-state index < -0.39 is 0 Å². The molecule has 0 aliphatic carbocycles. The van der Waals surface area contributed by atoms with Gasteiger partial charge in [0.25, 0.3) is 0 Å². The van der Waals surface area contributed by atoms with Crippen molar-refractivity contribution in [3.63, 3.8) is 0 Å². The number of ether oxygens (including phenoxy) is 3. The van der Waals surface area contributed by atoms with Crippen LogP contribution in [0.15, 0.2) is 42.7 Å². The quantitative estimate of drug-likeness (QED) is 0.802. The topological polar surface area (TPSA) is 56.7 Å². The van der Waals surface area contributed by atoms with Crippen molar-refractivity contribution in [1.29, 1.82) is 0 Å². The molecule has 2 aliphatic heterocycles. The van der Waals surface area contributed by atoms with Crippen LogP contribution in [0.1, 0.15) is 12.0 Å². The summed E-state index contributed by atoms with van der Waals surface area (Å²) in [5, 5.41) is 0. The maximum absolute atomic E-state index is 6.11. The van der Waals surface area contributed by atoms with E-state index in [9.17, 15) is 0 Å². The Morgan fingerprint density at radius 1 is 1.20 bits per heavy atom. The Kier molecular flexibility index (Phi) is 4.55. The third kappa shape index (κ3) is 3.32. The fraction of sp³-hybridized carbons (Fsp3) is 0.474. The van der Waals surface area contributed by atoms with Crippen molar-refractivity contribution in [1.82, 2.24) is 14.9 Å². The van der Waals surface area contributed by atoms with Gasteiger partial charge in [0.2, 0.25) is 11.8 Å². The summed E-state index contributed by atoms with van der Waals surface area (Å²) in [6, 6.07) is 9.74. The van der Waals surface area contributed by atoms with Gasteiger partial charge in [0, 0.05) is 56.2 Å². The van der Waals surface area contributed by atoms with E-state index >= 15 is 0 Å². The Balaban J connectivity index is 1.34. The molecule has 2 saturated heterocycles. The van der Waals surface area contributed by atoms with E-state index in [-0.39, 0.29) is 5.60 Å². The molecular formula is C19H23N3O3. The van der Waals surface area contributed by atoms with Gasteiger partial charge in [0.1, 0.15) is 0 Å². The number of pyridine rings is 2. The van der Waals surface area contributed by atoms with Crippen molar-refractivity contribution in [2.75, 3.05) is 33.4 Å². The molecule has 0 amide bonds. The highest BCUT2D eigenvalue weighted by Gasteiger charge is 2.53. The predicted molar refractivity (Wildman–Crippen MR) is 92.6 cm³/mol. The van der Waals surface area contributed by atoms with E-state index in [0.717, 1.165) is 38.2 Å². The molecule has 4 rings (SSSR count). The summed E-state index contributed by atoms with van der Waals surface area (Å²) in [4.78, 5) is 10.9. The number of hydrogen-bond donors (Lipinski definition) is 0. The van der Waals surface area contributed by atoms with Crippen molar-refractivity contribution in [2.45, 2.75) is 18.6 Å². The highest BCUT2D eigenvalue weighted by molar-refractivity contribution is 5.26. The fourth-order valence-electron chi connectivity index (χ4n) is 3.78. The summed E-state index contributed by atoms with van der Waals surface area (Å²) in [7, 11) is 1.66. The molecule has 25 heavy (non-hydrogen) atoms. The van der Waals surface area contributed by atoms with Gasteiger partial charge in [-0.05, 0) is 18.6 Å². The van der Waals surface area contributed by atoms with E-state index in [2.05, 4.69) is 20.9 Å². The summed E-state index contributed by atoms with van der Waals surface area (Å²) in [5.41, 5.74) is 1.03. The highest BCUT2D eigenvalue weighted by atomic mass is 16.5. The first kappa shape index (κ1) is 16.3. The lowest BCUT2D eigenvalue weighted by molar-refractivity contribution is -0.140. The fourth-order valence-corrected chi connectivity index (χ4v) is 3.78. The van der Waals surface area contributed by atoms with Crippen LogP contribution in [0, 0.1) is 5.92 Å². The van der Waals surface area contributed by atoms with Crippen LogP contribution < -0.4 is 9.47 Å². The zero-order chi connectivity index (χ0) is 17.1. The molecule has 0 radical (unpaired) electrons. The predicted octanol–water partition coefficient (Wildman–Crippen LogP) is 2.16. The Labute approximate surface area is 147 Å². The van der Waals surface area contributed by atoms with Crippen LogP contribution >= 0.6 is 0 Å². The van der Waals surface area contributed by atoms with Crippen LogP contribution in [0.4, 0.5) is 0 Å². The number of nitrogens with zero attached hydrogens (tertiary/aromatic N) is 3. The molecule has 2 aliphatic rings. The Hall–Kier alpha value is -2.18. The SMILES string of the molecule is COc1ncccc1CN1CC2(C1)OCC[C@@H]2COc1ccccn1. The molecule has 0 bridgehead atoms. The maximum Gasteiger partial charge on any atom is 0.217 e. The Morgan fingerprint density at radius 3 is 2.88 bits per heavy atom. The van der Waals surface area contributed by atoms with Crippen LogP contribution in [0.2, 0.25) is 0 Å². The summed E-state index contributed by atoms with van der Waals surface area (Å²) in [6.07, 6.45) is 4.55. The molecule has 1 spiro atoms. The van der Waals surface area contributed by atoms with E-state index in [0.29, 0.717) is 24.3 Å². The number of hydrogen-bond acceptors (Lipinski definition) is 6. The lowest BCUT2D eigenvalue weighted by Crippen LogP contribution is -2.64. The maximum atomic E-state index is 6.11. The van der Waals surface area contributed by atoms with Crippen LogP contribution in [0.3, 0.4) is 0 Å². The van der Waals surface area contributed by atoms with Crippen LogP contribution in [0.25, 0.3) is 0 Å². The number of aromatic nitrogens is 2. The van der Waals surface area contributed by atoms with Crippen LogP contribution in [-0.4, -0.2) is 53.9 Å². The van der Waals surface area contributed by atoms with Crippen molar-refractivity contribution in [3.8, 4) is 11.8 Å². The average Bonchev–Trinajstić information content (AvgIpc) is 3.05. The van der Waals surface area contributed by atoms with Gasteiger partial charge in [-0.25, -0.2) is 9.97 Å². The summed E-state index contributed by atoms with van der Waals surface area (Å²) in [5.74, 6) is 1.79. The first-order valence-electron chi connectivity index (χ1n) is 8.67. The van der Waals surface area contributed by atoms with E-state index in [1.165, 1.54) is 0 Å². The molecule has 6 nitrogen and oxygen atoms in total. The minimum Gasteiger partial charge on any atom is -0.481 e. The largest absolute Gasteiger partial charge is 0.481 e. The summed E-state index contributed by atoms with van der Waals surface area (Å²) >= 11 is 0. The highest BCUT2D eigenvalue weighted by Crippen LogP contribution is 2.41. The van der Waals surface area contributed by atoms with Gasteiger partial charge in [-0.1, -0.05) is 12.1 Å². The molecule has 0 unspecified atom stereocenters. The molecular weight excluding hydrogens is 318 g/mol. The number of likely N-dealkylation sites (tertiary alicyclic amines) is 1. The molecule has 2 fully saturated rings. The van der Waals surface area contributed by atoms with Gasteiger partial charge in [-0.15, -0.1) is 0 Å². The second kappa shape index (κ2) is 6.98. The Morgan fingerprint density at radius 2 is 2.08 bits per heavy atom. The monoisotopic (exact) mass is 341 g/mol. The second-order valence-corrected chi connectivity index (χ2v) is 6.69. The van der Waals surface area contributed by atoms with Gasteiger partial charge in [-0.2, -0.15) is 0 Å². The van der Waals surface area contributed by atoms with E-state index in [1.807, 2.05) is 24.3 Å². The minimum absolute atomic E-state index is 0.0791. The molecule has 0 N–H and O–H groups in total. The van der Waals surface area contributed by atoms with Gasteiger partial charge >= 0.3 is 0 Å². The number of rotatable bonds is 6. The summed E-state index contributed by atoms with van der Waals surface area (Å²) < 4.78 is 17.3. The third-order valence-corrected chi connectivity index (χ3v) is 5.09. The van der Waals surface area contributed by atoms with Gasteiger partial charge in [0.05, 0.1) is 19.3 Å². The third-order valence-electron chi connectivity index (χ3n) is 5.09. The molecule has 0 saturated carbocycles. The van der Waals surface area contributed by atoms with Crippen molar-refractivity contribution in [3.05, 3.63) is 48.3 Å². The molecule has 6 heteroatoms. The van der Waals surface area contributed by atoms with Crippen LogP contribution in [0.5, 0.6) is 11.8 Å². The molecule has 132 valence electrons. The molecule has 0 aromatic carbocycles. The molecule has 2 aromatic rings. The second-order valence-electron chi connectivity index (χ2n) is 6.69. The van der Waals surface area contributed by atoms with Gasteiger partial charge in [0.15, 0.2) is 0 Å². The first-order valence-corrected chi connectivity index (χ1v) is 8.67. The first-order chi connectivity index (χ1) is 12.3. The van der Waals surface area contributed by atoms with E-state index in [4.69, 9.17) is 14.2 Å². The standard InChI is InChI=1S/C19H23N3O3/c1-23-18-15(5-4-9-21-18)11-22-13-19(14-22)16(7-10-25-19)12-24-17-6-2-3-8-20-17/h2-6,8-9,16H,7,10-14H2,1H3/t16-/m1/s1. The normalized spacial score (nSPS) is 21.9. The van der Waals surface area contributed by atoms with Crippen molar-refractivity contribution >= 4 is 0 Å². The molecule has 4 heterocycles. The van der Waals surface area contributed by atoms with Crippen LogP contribution in [-0.2, 0) is 11.3 Å². The van der Waals surface area contributed by atoms with Gasteiger partial charge in [-0.3, -0.25) is 4.90 Å². The van der Waals surface area contributed by atoms with Crippen molar-refractivity contribution < 1.29 is 14.2 Å². The van der Waals surface area contributed by atoms with Crippen molar-refractivity contribution in [2.24, 2.45) is 5.92 Å². The molecule has 2 aromatic heterocycles. The van der Waals surface area contributed by atoms with Gasteiger partial charge < -0.3 is 14.2 Å². The summed E-state index contributed by atoms with van der Waals surface area (Å²) in [6.45, 7) is 4.12. The Bertz CT molecular complexity index is 704. The minimum atomic E-state index is -0.0791. The molecule has 1 atom stereocenters. The smallest absolute Gasteiger partial charge is 0.217 e. The zero-order valence-corrected chi connectivity index (χ0v) is 14.4. The lowest BCUT2D eigenvalue weighted by atomic mass is 9.81. The number of methoxy groups -OCH3 is 1. The zero-order valence-electron chi connectivity index (χ0n) is 14.4. The average molecular weight is 341 g/mol. The lowest BCUT2D eigenvalue weighted by Gasteiger charge is -2.50. The van der Waals surface area contributed by atoms with E-state index in [1.54, 1.807) is 19.5 Å².